The number of nitrogens with one attached hydrogen (secondary N) is 1. The van der Waals surface area contributed by atoms with Gasteiger partial charge < -0.3 is 0 Å². The van der Waals surface area contributed by atoms with E-state index in [1.165, 1.54) is 4.31 Å². The van der Waals surface area contributed by atoms with Gasteiger partial charge in [-0.2, -0.15) is 12.7 Å². The van der Waals surface area contributed by atoms with Crippen LogP contribution < -0.4 is 4.72 Å². The Morgan fingerprint density at radius 1 is 1.50 bits per heavy atom. The molecular weight excluding hydrogens is 152 g/mol. The van der Waals surface area contributed by atoms with Gasteiger partial charge in [0.2, 0.25) is 0 Å². The molecule has 4 nitrogen and oxygen atoms in total. The van der Waals surface area contributed by atoms with Gasteiger partial charge in [0.15, 0.2) is 0 Å². The van der Waals surface area contributed by atoms with Crippen LogP contribution in [0.15, 0.2) is 0 Å². The van der Waals surface area contributed by atoms with Crippen molar-refractivity contribution < 1.29 is 8.42 Å². The third kappa shape index (κ3) is 0.777. The van der Waals surface area contributed by atoms with E-state index in [1.807, 2.05) is 0 Å². The molecule has 0 atom stereocenters. The summed E-state index contributed by atoms with van der Waals surface area (Å²) in [6.07, 6.45) is 1.92. The molecule has 0 unspecified atom stereocenters. The SMILES string of the molecule is O=S1(=O)NC[C]2CCCN21. The van der Waals surface area contributed by atoms with E-state index in [4.69, 9.17) is 0 Å². The van der Waals surface area contributed by atoms with Crippen LogP contribution in [0, 0.1) is 6.04 Å². The zero-order chi connectivity index (χ0) is 7.19. The standard InChI is InChI=1S/C5H9N2O2S/c8-10(9)6-4-5-2-1-3-7(5)10/h6H,1-4H2. The molecule has 2 aliphatic heterocycles. The van der Waals surface area contributed by atoms with Crippen LogP contribution in [0.2, 0.25) is 0 Å². The highest BCUT2D eigenvalue weighted by Gasteiger charge is 2.40. The minimum Gasteiger partial charge on any atom is -0.200 e. The molecule has 0 aliphatic carbocycles. The Morgan fingerprint density at radius 3 is 3.00 bits per heavy atom. The first kappa shape index (κ1) is 6.57. The summed E-state index contributed by atoms with van der Waals surface area (Å²) >= 11 is 0. The average Bonchev–Trinajstić information content (AvgIpc) is 2.36. The summed E-state index contributed by atoms with van der Waals surface area (Å²) in [4.78, 5) is 0. The molecule has 2 heterocycles. The van der Waals surface area contributed by atoms with Crippen LogP contribution in [0.25, 0.3) is 0 Å². The van der Waals surface area contributed by atoms with Crippen molar-refractivity contribution in [3.05, 3.63) is 6.04 Å². The highest BCUT2D eigenvalue weighted by molar-refractivity contribution is 7.87. The molecule has 57 valence electrons. The highest BCUT2D eigenvalue weighted by atomic mass is 32.2. The van der Waals surface area contributed by atoms with Crippen molar-refractivity contribution in [2.45, 2.75) is 12.8 Å². The maximum atomic E-state index is 11.0. The Balaban J connectivity index is 2.32. The van der Waals surface area contributed by atoms with Crippen molar-refractivity contribution in [1.29, 1.82) is 0 Å². The molecule has 0 bridgehead atoms. The van der Waals surface area contributed by atoms with Gasteiger partial charge in [0.05, 0.1) is 6.04 Å². The third-order valence-corrected chi connectivity index (χ3v) is 3.46. The summed E-state index contributed by atoms with van der Waals surface area (Å²) in [5.41, 5.74) is 0. The first-order chi connectivity index (χ1) is 4.70. The van der Waals surface area contributed by atoms with Gasteiger partial charge in [-0.15, -0.1) is 0 Å². The van der Waals surface area contributed by atoms with Crippen molar-refractivity contribution in [2.75, 3.05) is 13.1 Å². The van der Waals surface area contributed by atoms with E-state index in [2.05, 4.69) is 4.72 Å². The molecule has 2 rings (SSSR count). The van der Waals surface area contributed by atoms with E-state index >= 15 is 0 Å². The molecule has 1 N–H and O–H groups in total. The Morgan fingerprint density at radius 2 is 2.30 bits per heavy atom. The predicted octanol–water partition coefficient (Wildman–Crippen LogP) is -0.538. The Hall–Kier alpha value is -0.130. The molecule has 2 saturated heterocycles. The van der Waals surface area contributed by atoms with E-state index in [0.29, 0.717) is 13.1 Å². The predicted molar refractivity (Wildman–Crippen MR) is 36.1 cm³/mol. The summed E-state index contributed by atoms with van der Waals surface area (Å²) in [5, 5.41) is 0. The van der Waals surface area contributed by atoms with Gasteiger partial charge in [-0.1, -0.05) is 0 Å². The van der Waals surface area contributed by atoms with Gasteiger partial charge in [-0.3, -0.25) is 0 Å². The lowest BCUT2D eigenvalue weighted by molar-refractivity contribution is 0.500. The molecule has 0 amide bonds. The fourth-order valence-corrected chi connectivity index (χ4v) is 2.80. The van der Waals surface area contributed by atoms with Crippen LogP contribution in [0.5, 0.6) is 0 Å². The van der Waals surface area contributed by atoms with Crippen LogP contribution >= 0.6 is 0 Å². The molecule has 5 heteroatoms. The molecule has 10 heavy (non-hydrogen) atoms. The van der Waals surface area contributed by atoms with E-state index in [-0.39, 0.29) is 0 Å². The fourth-order valence-electron chi connectivity index (χ4n) is 1.43. The average molecular weight is 161 g/mol. The van der Waals surface area contributed by atoms with Crippen LogP contribution in [-0.2, 0) is 10.2 Å². The molecule has 1 radical (unpaired) electrons. The van der Waals surface area contributed by atoms with Gasteiger partial charge in [0, 0.05) is 13.1 Å². The van der Waals surface area contributed by atoms with Crippen LogP contribution in [-0.4, -0.2) is 25.8 Å². The third-order valence-electron chi connectivity index (χ3n) is 1.93. The zero-order valence-corrected chi connectivity index (χ0v) is 6.32. The van der Waals surface area contributed by atoms with E-state index < -0.39 is 10.2 Å². The minimum atomic E-state index is -3.08. The molecule has 0 aromatic rings. The molecule has 0 aromatic carbocycles. The molecule has 0 saturated carbocycles. The second-order valence-electron chi connectivity index (χ2n) is 2.57. The van der Waals surface area contributed by atoms with E-state index in [9.17, 15) is 8.42 Å². The number of hydrogen-bond acceptors (Lipinski definition) is 2. The van der Waals surface area contributed by atoms with Gasteiger partial charge in [-0.25, -0.2) is 4.72 Å². The first-order valence-electron chi connectivity index (χ1n) is 3.32. The summed E-state index contributed by atoms with van der Waals surface area (Å²) in [6.45, 7) is 1.20. The summed E-state index contributed by atoms with van der Waals surface area (Å²) in [5.74, 6) is 0. The molecule has 2 aliphatic rings. The van der Waals surface area contributed by atoms with E-state index in [0.717, 1.165) is 18.9 Å². The van der Waals surface area contributed by atoms with Crippen LogP contribution in [0.1, 0.15) is 12.8 Å². The summed E-state index contributed by atoms with van der Waals surface area (Å²) in [6, 6.07) is 1.03. The molecule has 0 aromatic heterocycles. The van der Waals surface area contributed by atoms with Crippen LogP contribution in [0.4, 0.5) is 0 Å². The van der Waals surface area contributed by atoms with Crippen molar-refractivity contribution >= 4 is 10.2 Å². The summed E-state index contributed by atoms with van der Waals surface area (Å²) in [7, 11) is -3.08. The maximum Gasteiger partial charge on any atom is 0.280 e. The maximum absolute atomic E-state index is 11.0. The number of hydrogen-bond donors (Lipinski definition) is 1. The number of rotatable bonds is 0. The second-order valence-corrected chi connectivity index (χ2v) is 4.25. The minimum absolute atomic E-state index is 0.530. The van der Waals surface area contributed by atoms with Crippen molar-refractivity contribution in [3.8, 4) is 0 Å². The zero-order valence-electron chi connectivity index (χ0n) is 5.50. The lowest BCUT2D eigenvalue weighted by Crippen LogP contribution is -2.27. The van der Waals surface area contributed by atoms with Crippen molar-refractivity contribution in [1.82, 2.24) is 9.03 Å². The highest BCUT2D eigenvalue weighted by Crippen LogP contribution is 2.29. The Kier molecular flexibility index (Phi) is 1.27. The first-order valence-corrected chi connectivity index (χ1v) is 4.76. The van der Waals surface area contributed by atoms with Gasteiger partial charge in [-0.05, 0) is 12.8 Å². The molecule has 2 fully saturated rings. The van der Waals surface area contributed by atoms with Crippen molar-refractivity contribution in [2.24, 2.45) is 0 Å². The van der Waals surface area contributed by atoms with Gasteiger partial charge in [0.25, 0.3) is 10.2 Å². The smallest absolute Gasteiger partial charge is 0.200 e. The second kappa shape index (κ2) is 1.93. The van der Waals surface area contributed by atoms with E-state index in [1.54, 1.807) is 0 Å². The lowest BCUT2D eigenvalue weighted by atomic mass is 10.2. The van der Waals surface area contributed by atoms with Gasteiger partial charge >= 0.3 is 0 Å². The largest absolute Gasteiger partial charge is 0.280 e. The number of nitrogens with zero attached hydrogens (tertiary/aromatic N) is 1. The molecule has 0 spiro atoms. The fraction of sp³-hybridized carbons (Fsp3) is 0.800. The summed E-state index contributed by atoms with van der Waals surface area (Å²) < 4.78 is 26.0. The molecular formula is C5H9N2O2S. The normalized spacial score (nSPS) is 32.8. The number of fused-ring (bicyclic) bond motifs is 1. The van der Waals surface area contributed by atoms with Crippen molar-refractivity contribution in [3.63, 3.8) is 0 Å². The van der Waals surface area contributed by atoms with Crippen LogP contribution in [0.3, 0.4) is 0 Å². The lowest BCUT2D eigenvalue weighted by Gasteiger charge is -2.08. The quantitative estimate of drug-likeness (QED) is 0.519. The van der Waals surface area contributed by atoms with Gasteiger partial charge in [0.1, 0.15) is 0 Å². The topological polar surface area (TPSA) is 49.4 Å². The monoisotopic (exact) mass is 161 g/mol. The Labute approximate surface area is 60.4 Å². The Bertz CT molecular complexity index is 236.